The van der Waals surface area contributed by atoms with Crippen LogP contribution in [-0.4, -0.2) is 60.4 Å². The molecule has 5 nitrogen and oxygen atoms in total. The van der Waals surface area contributed by atoms with E-state index in [0.29, 0.717) is 34.0 Å². The SMILES string of the molecule is CC1CCN(C(=O)c2ccc(-c3cc(Cl)c(C[C@@H]4CCN(C5CCNCC5)C4=O)c(Cl)c3)cc2)CC1. The van der Waals surface area contributed by atoms with Crippen LogP contribution in [0.15, 0.2) is 36.4 Å². The number of hydrogen-bond acceptors (Lipinski definition) is 3. The molecule has 0 spiro atoms. The van der Waals surface area contributed by atoms with Gasteiger partial charge in [-0.05, 0) is 98.5 Å². The first-order chi connectivity index (χ1) is 17.4. The first kappa shape index (κ1) is 25.6. The van der Waals surface area contributed by atoms with Crippen molar-refractivity contribution in [2.24, 2.45) is 11.8 Å². The van der Waals surface area contributed by atoms with Crippen molar-refractivity contribution >= 4 is 35.0 Å². The van der Waals surface area contributed by atoms with Gasteiger partial charge in [0.05, 0.1) is 0 Å². The third-order valence-electron chi connectivity index (χ3n) is 8.23. The van der Waals surface area contributed by atoms with Gasteiger partial charge in [0, 0.05) is 47.2 Å². The second-order valence-corrected chi connectivity index (χ2v) is 11.5. The molecule has 192 valence electrons. The molecule has 0 unspecified atom stereocenters. The topological polar surface area (TPSA) is 52.7 Å². The summed E-state index contributed by atoms with van der Waals surface area (Å²) in [5.74, 6) is 0.957. The minimum absolute atomic E-state index is 0.0659. The lowest BCUT2D eigenvalue weighted by Crippen LogP contribution is -2.44. The van der Waals surface area contributed by atoms with E-state index in [1.807, 2.05) is 41.3 Å². The molecule has 3 heterocycles. The molecule has 0 saturated carbocycles. The monoisotopic (exact) mass is 527 g/mol. The average molecular weight is 529 g/mol. The molecular formula is C29H35Cl2N3O2. The Morgan fingerprint density at radius 3 is 2.19 bits per heavy atom. The molecule has 1 N–H and O–H groups in total. The van der Waals surface area contributed by atoms with E-state index in [-0.39, 0.29) is 17.7 Å². The van der Waals surface area contributed by atoms with E-state index in [1.165, 1.54) is 0 Å². The summed E-state index contributed by atoms with van der Waals surface area (Å²) in [6.07, 6.45) is 5.60. The molecule has 2 aromatic carbocycles. The molecule has 3 saturated heterocycles. The van der Waals surface area contributed by atoms with Crippen molar-refractivity contribution in [3.05, 3.63) is 57.6 Å². The molecule has 0 radical (unpaired) electrons. The minimum atomic E-state index is -0.0659. The van der Waals surface area contributed by atoms with Gasteiger partial charge in [-0.15, -0.1) is 0 Å². The van der Waals surface area contributed by atoms with Crippen LogP contribution in [0.5, 0.6) is 0 Å². The maximum Gasteiger partial charge on any atom is 0.253 e. The average Bonchev–Trinajstić information content (AvgIpc) is 3.26. The Morgan fingerprint density at radius 1 is 0.917 bits per heavy atom. The zero-order chi connectivity index (χ0) is 25.2. The van der Waals surface area contributed by atoms with E-state index in [4.69, 9.17) is 23.2 Å². The summed E-state index contributed by atoms with van der Waals surface area (Å²) < 4.78 is 0. The van der Waals surface area contributed by atoms with E-state index in [9.17, 15) is 9.59 Å². The second-order valence-electron chi connectivity index (χ2n) is 10.7. The van der Waals surface area contributed by atoms with Gasteiger partial charge in [0.2, 0.25) is 5.91 Å². The van der Waals surface area contributed by atoms with Gasteiger partial charge in [-0.3, -0.25) is 9.59 Å². The lowest BCUT2D eigenvalue weighted by atomic mass is 9.95. The highest BCUT2D eigenvalue weighted by atomic mass is 35.5. The Bertz CT molecular complexity index is 1080. The van der Waals surface area contributed by atoms with E-state index in [0.717, 1.165) is 81.5 Å². The summed E-state index contributed by atoms with van der Waals surface area (Å²) in [5.41, 5.74) is 3.43. The number of piperidine rings is 2. The van der Waals surface area contributed by atoms with Crippen LogP contribution in [0.3, 0.4) is 0 Å². The van der Waals surface area contributed by atoms with Crippen LogP contribution in [0.2, 0.25) is 10.0 Å². The van der Waals surface area contributed by atoms with Gasteiger partial charge in [0.25, 0.3) is 5.91 Å². The van der Waals surface area contributed by atoms with E-state index in [2.05, 4.69) is 17.1 Å². The fourth-order valence-corrected chi connectivity index (χ4v) is 6.49. The summed E-state index contributed by atoms with van der Waals surface area (Å²) in [5, 5.41) is 4.55. The number of benzene rings is 2. The molecule has 3 fully saturated rings. The third-order valence-corrected chi connectivity index (χ3v) is 8.90. The Labute approximate surface area is 224 Å². The molecule has 0 aromatic heterocycles. The summed E-state index contributed by atoms with van der Waals surface area (Å²) >= 11 is 13.4. The number of nitrogens with one attached hydrogen (secondary N) is 1. The predicted octanol–water partition coefficient (Wildman–Crippen LogP) is 5.68. The Hall–Kier alpha value is -2.08. The van der Waals surface area contributed by atoms with Crippen molar-refractivity contribution in [1.82, 2.24) is 15.1 Å². The predicted molar refractivity (Wildman–Crippen MR) is 146 cm³/mol. The molecule has 2 amide bonds. The lowest BCUT2D eigenvalue weighted by molar-refractivity contribution is -0.133. The number of hydrogen-bond donors (Lipinski definition) is 1. The number of halogens is 2. The third kappa shape index (κ3) is 5.44. The normalized spacial score (nSPS) is 21.9. The van der Waals surface area contributed by atoms with Crippen molar-refractivity contribution in [2.45, 2.75) is 51.5 Å². The Morgan fingerprint density at radius 2 is 1.56 bits per heavy atom. The zero-order valence-corrected chi connectivity index (χ0v) is 22.5. The maximum absolute atomic E-state index is 13.1. The standard InChI is InChI=1S/C29H35Cl2N3O2/c1-19-8-13-33(14-9-19)28(35)21-4-2-20(3-5-21)23-17-26(30)25(27(31)18-23)16-22-10-15-34(29(22)36)24-6-11-32-12-7-24/h2-5,17-19,22,24,32H,6-16H2,1H3/t22-/m0/s1. The highest BCUT2D eigenvalue weighted by molar-refractivity contribution is 6.36. The highest BCUT2D eigenvalue weighted by Gasteiger charge is 2.36. The van der Waals surface area contributed by atoms with Gasteiger partial charge < -0.3 is 15.1 Å². The first-order valence-electron chi connectivity index (χ1n) is 13.3. The Kier molecular flexibility index (Phi) is 7.90. The summed E-state index contributed by atoms with van der Waals surface area (Å²) in [6.45, 7) is 6.67. The number of carbonyl (C=O) groups is 2. The van der Waals surface area contributed by atoms with E-state index < -0.39 is 0 Å². The van der Waals surface area contributed by atoms with Crippen molar-refractivity contribution in [1.29, 1.82) is 0 Å². The molecule has 3 aliphatic heterocycles. The lowest BCUT2D eigenvalue weighted by Gasteiger charge is -2.31. The molecule has 7 heteroatoms. The summed E-state index contributed by atoms with van der Waals surface area (Å²) in [6, 6.07) is 11.9. The van der Waals surface area contributed by atoms with Gasteiger partial charge in [-0.1, -0.05) is 42.3 Å². The largest absolute Gasteiger partial charge is 0.339 e. The Balaban J connectivity index is 1.26. The van der Waals surface area contributed by atoms with Crippen molar-refractivity contribution in [2.75, 3.05) is 32.7 Å². The van der Waals surface area contributed by atoms with Crippen LogP contribution in [0.4, 0.5) is 0 Å². The molecule has 2 aromatic rings. The summed E-state index contributed by atoms with van der Waals surface area (Å²) in [4.78, 5) is 30.0. The van der Waals surface area contributed by atoms with Crippen molar-refractivity contribution < 1.29 is 9.59 Å². The minimum Gasteiger partial charge on any atom is -0.339 e. The van der Waals surface area contributed by atoms with Crippen LogP contribution >= 0.6 is 23.2 Å². The number of carbonyl (C=O) groups excluding carboxylic acids is 2. The summed E-state index contributed by atoms with van der Waals surface area (Å²) in [7, 11) is 0. The molecule has 1 atom stereocenters. The number of likely N-dealkylation sites (tertiary alicyclic amines) is 2. The smallest absolute Gasteiger partial charge is 0.253 e. The first-order valence-corrected chi connectivity index (χ1v) is 14.0. The highest BCUT2D eigenvalue weighted by Crippen LogP contribution is 2.36. The van der Waals surface area contributed by atoms with Gasteiger partial charge in [0.1, 0.15) is 0 Å². The van der Waals surface area contributed by atoms with Gasteiger partial charge in [-0.2, -0.15) is 0 Å². The molecule has 0 aliphatic carbocycles. The molecule has 0 bridgehead atoms. The van der Waals surface area contributed by atoms with Crippen molar-refractivity contribution in [3.63, 3.8) is 0 Å². The fraction of sp³-hybridized carbons (Fsp3) is 0.517. The van der Waals surface area contributed by atoms with Gasteiger partial charge >= 0.3 is 0 Å². The van der Waals surface area contributed by atoms with E-state index >= 15 is 0 Å². The fourth-order valence-electron chi connectivity index (χ4n) is 5.84. The maximum atomic E-state index is 13.1. The molecular weight excluding hydrogens is 493 g/mol. The number of amides is 2. The van der Waals surface area contributed by atoms with Crippen molar-refractivity contribution in [3.8, 4) is 11.1 Å². The quantitative estimate of drug-likeness (QED) is 0.544. The molecule has 3 aliphatic rings. The van der Waals surface area contributed by atoms with Crippen LogP contribution < -0.4 is 5.32 Å². The second kappa shape index (κ2) is 11.1. The van der Waals surface area contributed by atoms with Crippen LogP contribution in [0.25, 0.3) is 11.1 Å². The van der Waals surface area contributed by atoms with Gasteiger partial charge in [-0.25, -0.2) is 0 Å². The molecule has 5 rings (SSSR count). The molecule has 36 heavy (non-hydrogen) atoms. The van der Waals surface area contributed by atoms with Crippen LogP contribution in [-0.2, 0) is 11.2 Å². The zero-order valence-electron chi connectivity index (χ0n) is 20.9. The number of rotatable bonds is 5. The van der Waals surface area contributed by atoms with E-state index in [1.54, 1.807) is 0 Å². The van der Waals surface area contributed by atoms with Crippen LogP contribution in [0, 0.1) is 11.8 Å². The number of nitrogens with zero attached hydrogens (tertiary/aromatic N) is 2. The van der Waals surface area contributed by atoms with Gasteiger partial charge in [0.15, 0.2) is 0 Å². The van der Waals surface area contributed by atoms with Crippen LogP contribution in [0.1, 0.15) is 54.9 Å².